The maximum atomic E-state index is 13.7. The molecule has 2 aromatic carbocycles. The molecule has 0 aliphatic rings. The van der Waals surface area contributed by atoms with Crippen LogP contribution in [0, 0.1) is 13.8 Å². The monoisotopic (exact) mass is 476 g/mol. The van der Waals surface area contributed by atoms with Gasteiger partial charge in [-0.1, -0.05) is 17.3 Å². The molecule has 5 rings (SSSR count). The Kier molecular flexibility index (Phi) is 5.74. The molecule has 0 saturated heterocycles. The highest BCUT2D eigenvalue weighted by atomic mass is 32.2. The van der Waals surface area contributed by atoms with Crippen molar-refractivity contribution in [3.05, 3.63) is 65.5 Å². The zero-order valence-corrected chi connectivity index (χ0v) is 20.2. The molecule has 1 unspecified atom stereocenters. The Hall–Kier alpha value is -3.79. The van der Waals surface area contributed by atoms with Crippen molar-refractivity contribution in [2.75, 3.05) is 14.2 Å². The van der Waals surface area contributed by atoms with E-state index in [1.165, 1.54) is 0 Å². The van der Waals surface area contributed by atoms with E-state index >= 15 is 0 Å². The highest BCUT2D eigenvalue weighted by Gasteiger charge is 2.21. The number of rotatable bonds is 7. The summed E-state index contributed by atoms with van der Waals surface area (Å²) in [6.07, 6.45) is 1.74. The van der Waals surface area contributed by atoms with Crippen LogP contribution in [-0.2, 0) is 23.2 Å². The first kappa shape index (κ1) is 22.0. The predicted octanol–water partition coefficient (Wildman–Crippen LogP) is 3.62. The number of aryl methyl sites for hydroxylation is 1. The van der Waals surface area contributed by atoms with Gasteiger partial charge in [0.2, 0.25) is 5.16 Å². The van der Waals surface area contributed by atoms with Gasteiger partial charge in [-0.3, -0.25) is 13.8 Å². The molecule has 1 atom stereocenters. The molecule has 0 spiro atoms. The third-order valence-corrected chi connectivity index (χ3v) is 7.09. The summed E-state index contributed by atoms with van der Waals surface area (Å²) in [5, 5.41) is 8.99. The van der Waals surface area contributed by atoms with Gasteiger partial charge in [-0.15, -0.1) is 5.10 Å². The summed E-state index contributed by atoms with van der Waals surface area (Å²) in [6.45, 7) is 4.17. The molecule has 0 amide bonds. The fraction of sp³-hybridized carbons (Fsp3) is 0.250. The minimum atomic E-state index is -1.48. The number of para-hydroxylation sites is 1. The number of fused-ring (bicyclic) bond motifs is 2. The predicted molar refractivity (Wildman–Crippen MR) is 130 cm³/mol. The molecular weight excluding hydrogens is 452 g/mol. The molecular formula is C24H24N6O3S. The Bertz CT molecular complexity index is 1540. The number of ether oxygens (including phenoxy) is 2. The molecule has 5 aromatic rings. The van der Waals surface area contributed by atoms with E-state index in [-0.39, 0.29) is 5.75 Å². The molecule has 34 heavy (non-hydrogen) atoms. The lowest BCUT2D eigenvalue weighted by Gasteiger charge is -2.13. The lowest BCUT2D eigenvalue weighted by molar-refractivity contribution is 0.407. The first-order valence-electron chi connectivity index (χ1n) is 10.7. The van der Waals surface area contributed by atoms with Gasteiger partial charge in [0.25, 0.3) is 0 Å². The lowest BCUT2D eigenvalue weighted by Crippen LogP contribution is -2.15. The molecule has 0 saturated carbocycles. The average molecular weight is 477 g/mol. The Morgan fingerprint density at radius 2 is 1.82 bits per heavy atom. The van der Waals surface area contributed by atoms with Crippen molar-refractivity contribution in [3.63, 3.8) is 0 Å². The van der Waals surface area contributed by atoms with E-state index in [4.69, 9.17) is 14.5 Å². The van der Waals surface area contributed by atoms with E-state index in [0.29, 0.717) is 23.3 Å². The van der Waals surface area contributed by atoms with Gasteiger partial charge in [0, 0.05) is 23.4 Å². The van der Waals surface area contributed by atoms with E-state index in [0.717, 1.165) is 38.9 Å². The van der Waals surface area contributed by atoms with Crippen molar-refractivity contribution in [2.45, 2.75) is 31.4 Å². The summed E-state index contributed by atoms with van der Waals surface area (Å²) >= 11 is 0. The highest BCUT2D eigenvalue weighted by Crippen LogP contribution is 2.28. The normalized spacial score (nSPS) is 12.4. The van der Waals surface area contributed by atoms with Crippen LogP contribution in [-0.4, -0.2) is 48.0 Å². The number of pyridine rings is 1. The largest absolute Gasteiger partial charge is 0.497 e. The first-order valence-corrected chi connectivity index (χ1v) is 12.0. The van der Waals surface area contributed by atoms with Crippen LogP contribution in [0.2, 0.25) is 0 Å². The van der Waals surface area contributed by atoms with Crippen molar-refractivity contribution < 1.29 is 13.7 Å². The standard InChI is InChI=1S/C24H24N6O3S/c1-15-12-25-20(16(2)23(15)33-4)13-34(31)24-26-18-10-9-17(32-3)11-22(18)29(24)14-30-21-8-6-5-7-19(21)27-28-30/h5-12H,13-14H2,1-4H3. The smallest absolute Gasteiger partial charge is 0.202 e. The summed E-state index contributed by atoms with van der Waals surface area (Å²) in [5.74, 6) is 1.66. The molecule has 3 aromatic heterocycles. The van der Waals surface area contributed by atoms with Gasteiger partial charge in [0.15, 0.2) is 0 Å². The molecule has 0 aliphatic carbocycles. The number of imidazole rings is 1. The number of aromatic nitrogens is 6. The maximum Gasteiger partial charge on any atom is 0.202 e. The van der Waals surface area contributed by atoms with Crippen LogP contribution in [0.25, 0.3) is 22.1 Å². The molecule has 0 radical (unpaired) electrons. The molecule has 3 heterocycles. The topological polar surface area (TPSA) is 97.0 Å². The molecule has 0 bridgehead atoms. The van der Waals surface area contributed by atoms with Crippen molar-refractivity contribution in [3.8, 4) is 11.5 Å². The second-order valence-corrected chi connectivity index (χ2v) is 9.28. The fourth-order valence-corrected chi connectivity index (χ4v) is 5.35. The zero-order chi connectivity index (χ0) is 23.8. The fourth-order valence-electron chi connectivity index (χ4n) is 4.08. The number of benzene rings is 2. The second-order valence-electron chi connectivity index (χ2n) is 7.93. The Morgan fingerprint density at radius 1 is 1.00 bits per heavy atom. The third-order valence-electron chi connectivity index (χ3n) is 5.84. The van der Waals surface area contributed by atoms with Crippen LogP contribution < -0.4 is 9.47 Å². The zero-order valence-electron chi connectivity index (χ0n) is 19.3. The van der Waals surface area contributed by atoms with E-state index < -0.39 is 10.8 Å². The summed E-state index contributed by atoms with van der Waals surface area (Å²) in [7, 11) is 1.77. The van der Waals surface area contributed by atoms with Crippen LogP contribution in [0.4, 0.5) is 0 Å². The van der Waals surface area contributed by atoms with Crippen LogP contribution in [0.15, 0.2) is 53.8 Å². The van der Waals surface area contributed by atoms with Gasteiger partial charge < -0.3 is 9.47 Å². The Morgan fingerprint density at radius 3 is 2.62 bits per heavy atom. The van der Waals surface area contributed by atoms with Gasteiger partial charge >= 0.3 is 0 Å². The maximum absolute atomic E-state index is 13.7. The van der Waals surface area contributed by atoms with E-state index in [9.17, 15) is 4.21 Å². The quantitative estimate of drug-likeness (QED) is 0.354. The van der Waals surface area contributed by atoms with E-state index in [1.807, 2.05) is 60.9 Å². The van der Waals surface area contributed by atoms with Crippen molar-refractivity contribution >= 4 is 32.9 Å². The summed E-state index contributed by atoms with van der Waals surface area (Å²) in [6, 6.07) is 13.3. The minimum absolute atomic E-state index is 0.209. The van der Waals surface area contributed by atoms with Gasteiger partial charge in [0.1, 0.15) is 23.7 Å². The van der Waals surface area contributed by atoms with Gasteiger partial charge in [-0.2, -0.15) is 0 Å². The van der Waals surface area contributed by atoms with Crippen LogP contribution in [0.1, 0.15) is 16.8 Å². The van der Waals surface area contributed by atoms with Crippen LogP contribution in [0.5, 0.6) is 11.5 Å². The number of hydrogen-bond donors (Lipinski definition) is 0. The van der Waals surface area contributed by atoms with E-state index in [1.54, 1.807) is 25.1 Å². The van der Waals surface area contributed by atoms with Gasteiger partial charge in [-0.05, 0) is 38.1 Å². The third kappa shape index (κ3) is 3.79. The summed E-state index contributed by atoms with van der Waals surface area (Å²) in [5.41, 5.74) is 5.72. The highest BCUT2D eigenvalue weighted by molar-refractivity contribution is 7.84. The molecule has 0 N–H and O–H groups in total. The molecule has 174 valence electrons. The van der Waals surface area contributed by atoms with E-state index in [2.05, 4.69) is 15.3 Å². The summed E-state index contributed by atoms with van der Waals surface area (Å²) < 4.78 is 28.3. The molecule has 0 aliphatic heterocycles. The van der Waals surface area contributed by atoms with Crippen molar-refractivity contribution in [1.29, 1.82) is 0 Å². The van der Waals surface area contributed by atoms with Gasteiger partial charge in [0.05, 0.1) is 53.0 Å². The lowest BCUT2D eigenvalue weighted by atomic mass is 10.1. The number of methoxy groups -OCH3 is 2. The van der Waals surface area contributed by atoms with Crippen molar-refractivity contribution in [1.82, 2.24) is 29.5 Å². The second kappa shape index (κ2) is 8.86. The number of nitrogens with zero attached hydrogens (tertiary/aromatic N) is 6. The molecule has 10 heteroatoms. The summed E-state index contributed by atoms with van der Waals surface area (Å²) in [4.78, 5) is 9.24. The Labute approximate surface area is 198 Å². The molecule has 0 fully saturated rings. The average Bonchev–Trinajstić information content (AvgIpc) is 3.43. The van der Waals surface area contributed by atoms with Crippen molar-refractivity contribution in [2.24, 2.45) is 0 Å². The minimum Gasteiger partial charge on any atom is -0.497 e. The number of hydrogen-bond acceptors (Lipinski definition) is 7. The van der Waals surface area contributed by atoms with Crippen LogP contribution in [0.3, 0.4) is 0 Å². The first-order chi connectivity index (χ1) is 16.5. The molecule has 9 nitrogen and oxygen atoms in total. The SMILES string of the molecule is COc1ccc2nc(S(=O)Cc3ncc(C)c(OC)c3C)n(Cn3nnc4ccccc43)c2c1. The Balaban J connectivity index is 1.60. The van der Waals surface area contributed by atoms with Gasteiger partial charge in [-0.25, -0.2) is 9.67 Å². The van der Waals surface area contributed by atoms with Crippen LogP contribution >= 0.6 is 0 Å².